The summed E-state index contributed by atoms with van der Waals surface area (Å²) in [6.45, 7) is 6.10. The number of benzene rings is 2. The quantitative estimate of drug-likeness (QED) is 0.814. The third-order valence-corrected chi connectivity index (χ3v) is 4.04. The Hall–Kier alpha value is -1.02. The Morgan fingerprint density at radius 3 is 2.35 bits per heavy atom. The van der Waals surface area contributed by atoms with Gasteiger partial charge in [0.1, 0.15) is 0 Å². The van der Waals surface area contributed by atoms with Crippen LogP contribution < -0.4 is 5.32 Å². The minimum absolute atomic E-state index is 0.0835. The number of halogens is 2. The van der Waals surface area contributed by atoms with E-state index in [0.29, 0.717) is 10.0 Å². The molecule has 0 amide bonds. The van der Waals surface area contributed by atoms with E-state index in [1.54, 1.807) is 6.07 Å². The molecule has 0 saturated heterocycles. The summed E-state index contributed by atoms with van der Waals surface area (Å²) in [6.07, 6.45) is 0. The zero-order valence-corrected chi connectivity index (χ0v) is 13.3. The van der Waals surface area contributed by atoms with E-state index in [1.165, 1.54) is 5.56 Å². The predicted molar refractivity (Wildman–Crippen MR) is 87.6 cm³/mol. The second-order valence-corrected chi connectivity index (χ2v) is 6.43. The maximum absolute atomic E-state index is 6.17. The zero-order chi connectivity index (χ0) is 14.6. The number of hydrogen-bond acceptors (Lipinski definition) is 1. The third-order valence-electron chi connectivity index (χ3n) is 3.45. The van der Waals surface area contributed by atoms with E-state index in [9.17, 15) is 0 Å². The second kappa shape index (κ2) is 6.62. The molecular weight excluding hydrogens is 289 g/mol. The van der Waals surface area contributed by atoms with Gasteiger partial charge in [-0.3, -0.25) is 0 Å². The first-order valence-corrected chi connectivity index (χ1v) is 7.45. The molecular formula is C17H19Cl2N. The lowest BCUT2D eigenvalue weighted by Gasteiger charge is -2.26. The van der Waals surface area contributed by atoms with Gasteiger partial charge in [-0.15, -0.1) is 0 Å². The van der Waals surface area contributed by atoms with Crippen LogP contribution in [0.4, 0.5) is 0 Å². The molecule has 0 heterocycles. The molecule has 0 aromatic heterocycles. The topological polar surface area (TPSA) is 12.0 Å². The van der Waals surface area contributed by atoms with Crippen molar-refractivity contribution in [3.05, 3.63) is 69.7 Å². The molecule has 0 radical (unpaired) electrons. The van der Waals surface area contributed by atoms with Crippen LogP contribution in [0.3, 0.4) is 0 Å². The van der Waals surface area contributed by atoms with E-state index in [2.05, 4.69) is 43.4 Å². The second-order valence-electron chi connectivity index (χ2n) is 5.59. The zero-order valence-electron chi connectivity index (χ0n) is 11.8. The summed E-state index contributed by atoms with van der Waals surface area (Å²) in [5.74, 6) is 0. The normalized spacial score (nSPS) is 11.6. The smallest absolute Gasteiger partial charge is 0.0465 e. The van der Waals surface area contributed by atoms with Gasteiger partial charge in [-0.05, 0) is 23.3 Å². The Balaban J connectivity index is 1.95. The average molecular weight is 308 g/mol. The van der Waals surface area contributed by atoms with Gasteiger partial charge in [0.25, 0.3) is 0 Å². The van der Waals surface area contributed by atoms with Crippen LogP contribution in [0.5, 0.6) is 0 Å². The fourth-order valence-electron chi connectivity index (χ4n) is 2.17. The maximum Gasteiger partial charge on any atom is 0.0465 e. The minimum Gasteiger partial charge on any atom is -0.312 e. The van der Waals surface area contributed by atoms with Crippen molar-refractivity contribution in [1.82, 2.24) is 5.32 Å². The van der Waals surface area contributed by atoms with Gasteiger partial charge in [-0.25, -0.2) is 0 Å². The SMILES string of the molecule is CC(C)(CNCc1ccc(Cl)cc1Cl)c1ccccc1. The van der Waals surface area contributed by atoms with Gasteiger partial charge in [0.15, 0.2) is 0 Å². The summed E-state index contributed by atoms with van der Waals surface area (Å²) in [7, 11) is 0. The molecule has 1 N–H and O–H groups in total. The first-order valence-electron chi connectivity index (χ1n) is 6.69. The summed E-state index contributed by atoms with van der Waals surface area (Å²) >= 11 is 12.1. The fourth-order valence-corrected chi connectivity index (χ4v) is 2.64. The molecule has 0 saturated carbocycles. The lowest BCUT2D eigenvalue weighted by Crippen LogP contribution is -2.32. The highest BCUT2D eigenvalue weighted by atomic mass is 35.5. The largest absolute Gasteiger partial charge is 0.312 e. The first kappa shape index (κ1) is 15.4. The van der Waals surface area contributed by atoms with Crippen molar-refractivity contribution in [2.75, 3.05) is 6.54 Å². The van der Waals surface area contributed by atoms with E-state index in [-0.39, 0.29) is 5.41 Å². The Morgan fingerprint density at radius 2 is 1.70 bits per heavy atom. The van der Waals surface area contributed by atoms with Gasteiger partial charge in [-0.2, -0.15) is 0 Å². The molecule has 0 atom stereocenters. The van der Waals surface area contributed by atoms with E-state index in [4.69, 9.17) is 23.2 Å². The van der Waals surface area contributed by atoms with Gasteiger partial charge in [0.05, 0.1) is 0 Å². The van der Waals surface area contributed by atoms with Crippen LogP contribution in [0.1, 0.15) is 25.0 Å². The molecule has 2 aromatic carbocycles. The molecule has 2 aromatic rings. The molecule has 3 heteroatoms. The van der Waals surface area contributed by atoms with E-state index in [1.807, 2.05) is 18.2 Å². The molecule has 0 bridgehead atoms. The molecule has 106 valence electrons. The molecule has 0 spiro atoms. The molecule has 0 fully saturated rings. The number of nitrogens with one attached hydrogen (secondary N) is 1. The van der Waals surface area contributed by atoms with Crippen LogP contribution in [0.15, 0.2) is 48.5 Å². The Labute approximate surface area is 130 Å². The molecule has 0 aliphatic heterocycles. The highest BCUT2D eigenvalue weighted by Crippen LogP contribution is 2.23. The standard InChI is InChI=1S/C17H19Cl2N/c1-17(2,14-6-4-3-5-7-14)12-20-11-13-8-9-15(18)10-16(13)19/h3-10,20H,11-12H2,1-2H3. The summed E-state index contributed by atoms with van der Waals surface area (Å²) in [5.41, 5.74) is 2.48. The van der Waals surface area contributed by atoms with Crippen molar-refractivity contribution in [3.63, 3.8) is 0 Å². The van der Waals surface area contributed by atoms with Crippen LogP contribution in [-0.4, -0.2) is 6.54 Å². The first-order chi connectivity index (χ1) is 9.49. The summed E-state index contributed by atoms with van der Waals surface area (Å²) in [5, 5.41) is 4.85. The van der Waals surface area contributed by atoms with Crippen LogP contribution >= 0.6 is 23.2 Å². The molecule has 2 rings (SSSR count). The van der Waals surface area contributed by atoms with E-state index < -0.39 is 0 Å². The average Bonchev–Trinajstić information content (AvgIpc) is 2.42. The van der Waals surface area contributed by atoms with E-state index in [0.717, 1.165) is 18.7 Å². The van der Waals surface area contributed by atoms with Crippen molar-refractivity contribution >= 4 is 23.2 Å². The summed E-state index contributed by atoms with van der Waals surface area (Å²) in [4.78, 5) is 0. The van der Waals surface area contributed by atoms with Gasteiger partial charge in [0, 0.05) is 28.5 Å². The maximum atomic E-state index is 6.17. The lowest BCUT2D eigenvalue weighted by atomic mass is 9.84. The van der Waals surface area contributed by atoms with Crippen LogP contribution in [0.2, 0.25) is 10.0 Å². The monoisotopic (exact) mass is 307 g/mol. The fraction of sp³-hybridized carbons (Fsp3) is 0.294. The number of rotatable bonds is 5. The van der Waals surface area contributed by atoms with Crippen LogP contribution in [-0.2, 0) is 12.0 Å². The van der Waals surface area contributed by atoms with Crippen molar-refractivity contribution < 1.29 is 0 Å². The summed E-state index contributed by atoms with van der Waals surface area (Å²) in [6, 6.07) is 16.1. The van der Waals surface area contributed by atoms with Crippen molar-refractivity contribution in [1.29, 1.82) is 0 Å². The molecule has 0 aliphatic rings. The van der Waals surface area contributed by atoms with Gasteiger partial charge < -0.3 is 5.32 Å². The Kier molecular flexibility index (Phi) is 5.09. The molecule has 0 unspecified atom stereocenters. The van der Waals surface area contributed by atoms with Crippen LogP contribution in [0.25, 0.3) is 0 Å². The van der Waals surface area contributed by atoms with Crippen LogP contribution in [0, 0.1) is 0 Å². The highest BCUT2D eigenvalue weighted by molar-refractivity contribution is 6.35. The van der Waals surface area contributed by atoms with Gasteiger partial charge in [-0.1, -0.05) is 73.4 Å². The summed E-state index contributed by atoms with van der Waals surface area (Å²) < 4.78 is 0. The van der Waals surface area contributed by atoms with E-state index >= 15 is 0 Å². The molecule has 20 heavy (non-hydrogen) atoms. The number of hydrogen-bond donors (Lipinski definition) is 1. The predicted octanol–water partition coefficient (Wildman–Crippen LogP) is 5.06. The molecule has 1 nitrogen and oxygen atoms in total. The highest BCUT2D eigenvalue weighted by Gasteiger charge is 2.19. The Bertz CT molecular complexity index is 564. The van der Waals surface area contributed by atoms with Crippen molar-refractivity contribution in [3.8, 4) is 0 Å². The van der Waals surface area contributed by atoms with Crippen molar-refractivity contribution in [2.24, 2.45) is 0 Å². The molecule has 0 aliphatic carbocycles. The lowest BCUT2D eigenvalue weighted by molar-refractivity contribution is 0.469. The van der Waals surface area contributed by atoms with Gasteiger partial charge >= 0.3 is 0 Å². The minimum atomic E-state index is 0.0835. The third kappa shape index (κ3) is 3.99. The van der Waals surface area contributed by atoms with Crippen molar-refractivity contribution in [2.45, 2.75) is 25.8 Å². The Morgan fingerprint density at radius 1 is 1.00 bits per heavy atom. The van der Waals surface area contributed by atoms with Gasteiger partial charge in [0.2, 0.25) is 0 Å².